The Balaban J connectivity index is 2.29. The zero-order valence-corrected chi connectivity index (χ0v) is 18.6. The summed E-state index contributed by atoms with van der Waals surface area (Å²) in [7, 11) is -3.68. The summed E-state index contributed by atoms with van der Waals surface area (Å²) in [5.74, 6) is -0.770. The van der Waals surface area contributed by atoms with Gasteiger partial charge in [-0.2, -0.15) is 4.31 Å². The first-order valence-electron chi connectivity index (χ1n) is 10.1. The van der Waals surface area contributed by atoms with E-state index in [1.807, 2.05) is 13.8 Å². The first kappa shape index (κ1) is 23.6. The zero-order valence-electron chi connectivity index (χ0n) is 17.8. The Bertz CT molecular complexity index is 1000. The molecule has 2 aromatic carbocycles. The Morgan fingerprint density at radius 1 is 0.967 bits per heavy atom. The van der Waals surface area contributed by atoms with Gasteiger partial charge in [-0.1, -0.05) is 39.0 Å². The van der Waals surface area contributed by atoms with E-state index in [1.54, 1.807) is 44.2 Å². The fraction of sp³-hybridized carbons (Fsp3) is 0.364. The van der Waals surface area contributed by atoms with Crippen LogP contribution in [0.3, 0.4) is 0 Å². The highest BCUT2D eigenvalue weighted by molar-refractivity contribution is 7.89. The summed E-state index contributed by atoms with van der Waals surface area (Å²) < 4.78 is 26.8. The lowest BCUT2D eigenvalue weighted by molar-refractivity contribution is 0.0940. The third-order valence-corrected chi connectivity index (χ3v) is 6.90. The first-order valence-corrected chi connectivity index (χ1v) is 11.5. The Morgan fingerprint density at radius 3 is 2.27 bits per heavy atom. The van der Waals surface area contributed by atoms with Crippen molar-refractivity contribution in [3.8, 4) is 0 Å². The average molecular weight is 432 g/mol. The normalized spacial score (nSPS) is 12.4. The number of amides is 2. The van der Waals surface area contributed by atoms with Crippen molar-refractivity contribution in [3.05, 3.63) is 59.7 Å². The molecule has 0 aliphatic rings. The van der Waals surface area contributed by atoms with E-state index >= 15 is 0 Å². The highest BCUT2D eigenvalue weighted by Gasteiger charge is 2.23. The van der Waals surface area contributed by atoms with Crippen molar-refractivity contribution >= 4 is 27.5 Å². The first-order chi connectivity index (χ1) is 14.2. The lowest BCUT2D eigenvalue weighted by Crippen LogP contribution is -2.32. The molecule has 2 amide bonds. The lowest BCUT2D eigenvalue weighted by atomic mass is 10.1. The maximum atomic E-state index is 12.8. The fourth-order valence-electron chi connectivity index (χ4n) is 2.90. The zero-order chi connectivity index (χ0) is 22.3. The van der Waals surface area contributed by atoms with Crippen molar-refractivity contribution in [2.24, 2.45) is 0 Å². The van der Waals surface area contributed by atoms with E-state index in [2.05, 4.69) is 10.6 Å². The summed E-state index contributed by atoms with van der Waals surface area (Å²) in [5, 5.41) is 5.61. The number of rotatable bonds is 9. The number of carbonyl (C=O) groups is 2. The van der Waals surface area contributed by atoms with Crippen LogP contribution in [0.2, 0.25) is 0 Å². The van der Waals surface area contributed by atoms with E-state index in [4.69, 9.17) is 0 Å². The molecule has 0 heterocycles. The molecule has 2 N–H and O–H groups in total. The molecule has 7 nitrogen and oxygen atoms in total. The van der Waals surface area contributed by atoms with E-state index in [-0.39, 0.29) is 22.4 Å². The number of hydrogen-bond acceptors (Lipinski definition) is 4. The van der Waals surface area contributed by atoms with Crippen molar-refractivity contribution in [1.29, 1.82) is 0 Å². The van der Waals surface area contributed by atoms with Gasteiger partial charge in [0.2, 0.25) is 10.0 Å². The number of sulfonamides is 1. The Labute approximate surface area is 178 Å². The van der Waals surface area contributed by atoms with E-state index < -0.39 is 15.9 Å². The molecule has 1 atom stereocenters. The molecule has 0 aliphatic heterocycles. The van der Waals surface area contributed by atoms with Gasteiger partial charge in [-0.3, -0.25) is 9.59 Å². The van der Waals surface area contributed by atoms with Gasteiger partial charge in [-0.15, -0.1) is 0 Å². The number of carbonyl (C=O) groups excluding carboxylic acids is 2. The topological polar surface area (TPSA) is 95.6 Å². The predicted molar refractivity (Wildman–Crippen MR) is 118 cm³/mol. The van der Waals surface area contributed by atoms with Crippen LogP contribution >= 0.6 is 0 Å². The molecule has 162 valence electrons. The quantitative estimate of drug-likeness (QED) is 0.635. The fourth-order valence-corrected chi connectivity index (χ4v) is 4.40. The van der Waals surface area contributed by atoms with Crippen LogP contribution in [0.25, 0.3) is 0 Å². The molecule has 0 aliphatic carbocycles. The molecule has 2 aromatic rings. The number of anilines is 1. The summed E-state index contributed by atoms with van der Waals surface area (Å²) in [6, 6.07) is 12.6. The standard InChI is InChI=1S/C22H29N3O4S/c1-5-16(4)23-22(27)19-13-8-9-14-20(19)24-21(26)17-11-10-12-18(15-17)30(28,29)25(6-2)7-3/h8-16H,5-7H2,1-4H3,(H,23,27)(H,24,26). The van der Waals surface area contributed by atoms with Gasteiger partial charge in [-0.25, -0.2) is 8.42 Å². The van der Waals surface area contributed by atoms with Crippen LogP contribution in [0.4, 0.5) is 5.69 Å². The molecule has 0 saturated carbocycles. The second kappa shape index (κ2) is 10.4. The summed E-state index contributed by atoms with van der Waals surface area (Å²) in [6.45, 7) is 8.08. The molecule has 2 rings (SSSR count). The number of hydrogen-bond donors (Lipinski definition) is 2. The van der Waals surface area contributed by atoms with Crippen LogP contribution < -0.4 is 10.6 Å². The molecule has 0 bridgehead atoms. The second-order valence-corrected chi connectivity index (χ2v) is 8.84. The minimum absolute atomic E-state index is 0.00298. The summed E-state index contributed by atoms with van der Waals surface area (Å²) in [4.78, 5) is 25.4. The molecule has 1 unspecified atom stereocenters. The molecule has 0 aromatic heterocycles. The Hall–Kier alpha value is -2.71. The molecule has 30 heavy (non-hydrogen) atoms. The largest absolute Gasteiger partial charge is 0.350 e. The number of benzene rings is 2. The lowest BCUT2D eigenvalue weighted by Gasteiger charge is -2.19. The van der Waals surface area contributed by atoms with Crippen molar-refractivity contribution in [3.63, 3.8) is 0 Å². The van der Waals surface area contributed by atoms with E-state index in [0.29, 0.717) is 24.3 Å². The molecule has 0 fully saturated rings. The van der Waals surface area contributed by atoms with Gasteiger partial charge in [0.1, 0.15) is 0 Å². The SMILES string of the molecule is CCC(C)NC(=O)c1ccccc1NC(=O)c1cccc(S(=O)(=O)N(CC)CC)c1. The third kappa shape index (κ3) is 5.46. The van der Waals surface area contributed by atoms with Gasteiger partial charge in [0.15, 0.2) is 0 Å². The summed E-state index contributed by atoms with van der Waals surface area (Å²) >= 11 is 0. The number of para-hydroxylation sites is 1. The predicted octanol–water partition coefficient (Wildman–Crippen LogP) is 3.50. The van der Waals surface area contributed by atoms with Gasteiger partial charge in [0.05, 0.1) is 16.1 Å². The van der Waals surface area contributed by atoms with Crippen molar-refractivity contribution < 1.29 is 18.0 Å². The van der Waals surface area contributed by atoms with Crippen LogP contribution in [-0.2, 0) is 10.0 Å². The van der Waals surface area contributed by atoms with Crippen molar-refractivity contribution in [1.82, 2.24) is 9.62 Å². The van der Waals surface area contributed by atoms with Crippen LogP contribution in [0.15, 0.2) is 53.4 Å². The van der Waals surface area contributed by atoms with Gasteiger partial charge in [0, 0.05) is 24.7 Å². The molecule has 0 spiro atoms. The molecule has 8 heteroatoms. The Morgan fingerprint density at radius 2 is 1.63 bits per heavy atom. The van der Waals surface area contributed by atoms with Gasteiger partial charge < -0.3 is 10.6 Å². The van der Waals surface area contributed by atoms with Crippen LogP contribution in [-0.4, -0.2) is 43.7 Å². The molecule has 0 saturated heterocycles. The van der Waals surface area contributed by atoms with Crippen molar-refractivity contribution in [2.45, 2.75) is 45.1 Å². The monoisotopic (exact) mass is 431 g/mol. The smallest absolute Gasteiger partial charge is 0.255 e. The molecular weight excluding hydrogens is 402 g/mol. The van der Waals surface area contributed by atoms with Crippen LogP contribution in [0, 0.1) is 0 Å². The maximum Gasteiger partial charge on any atom is 0.255 e. The van der Waals surface area contributed by atoms with Crippen molar-refractivity contribution in [2.75, 3.05) is 18.4 Å². The van der Waals surface area contributed by atoms with Gasteiger partial charge in [-0.05, 0) is 43.7 Å². The molecule has 0 radical (unpaired) electrons. The van der Waals surface area contributed by atoms with E-state index in [1.165, 1.54) is 22.5 Å². The highest BCUT2D eigenvalue weighted by atomic mass is 32.2. The van der Waals surface area contributed by atoms with E-state index in [0.717, 1.165) is 6.42 Å². The van der Waals surface area contributed by atoms with E-state index in [9.17, 15) is 18.0 Å². The number of nitrogens with one attached hydrogen (secondary N) is 2. The minimum Gasteiger partial charge on any atom is -0.350 e. The van der Waals surface area contributed by atoms with Crippen LogP contribution in [0.1, 0.15) is 54.8 Å². The minimum atomic E-state index is -3.68. The second-order valence-electron chi connectivity index (χ2n) is 6.90. The summed E-state index contributed by atoms with van der Waals surface area (Å²) in [5.41, 5.74) is 0.902. The molecular formula is C22H29N3O4S. The highest BCUT2D eigenvalue weighted by Crippen LogP contribution is 2.20. The maximum absolute atomic E-state index is 12.8. The third-order valence-electron chi connectivity index (χ3n) is 4.85. The Kier molecular flexibility index (Phi) is 8.14. The van der Waals surface area contributed by atoms with Crippen LogP contribution in [0.5, 0.6) is 0 Å². The summed E-state index contributed by atoms with van der Waals surface area (Å²) in [6.07, 6.45) is 0.786. The average Bonchev–Trinajstić information content (AvgIpc) is 2.74. The van der Waals surface area contributed by atoms with Gasteiger partial charge >= 0.3 is 0 Å². The van der Waals surface area contributed by atoms with Gasteiger partial charge in [0.25, 0.3) is 11.8 Å². The number of nitrogens with zero attached hydrogens (tertiary/aromatic N) is 1.